The summed E-state index contributed by atoms with van der Waals surface area (Å²) in [7, 11) is 0. The van der Waals surface area contributed by atoms with Gasteiger partial charge in [-0.25, -0.2) is 4.79 Å². The number of carbonyl (C=O) groups excluding carboxylic acids is 1. The first-order chi connectivity index (χ1) is 11.2. The molecule has 3 saturated heterocycles. The molecule has 3 rings (SSSR count). The van der Waals surface area contributed by atoms with E-state index < -0.39 is 48.1 Å². The van der Waals surface area contributed by atoms with E-state index in [1.165, 1.54) is 0 Å². The smallest absolute Gasteiger partial charge is 0.338 e. The molecule has 0 unspecified atom stereocenters. The van der Waals surface area contributed by atoms with Crippen molar-refractivity contribution in [2.75, 3.05) is 0 Å². The van der Waals surface area contributed by atoms with Crippen LogP contribution in [0.25, 0.3) is 0 Å². The molecule has 5 atom stereocenters. The van der Waals surface area contributed by atoms with Gasteiger partial charge in [-0.3, -0.25) is 0 Å². The highest BCUT2D eigenvalue weighted by atomic mass is 16.9. The van der Waals surface area contributed by atoms with Crippen molar-refractivity contribution >= 4 is 5.97 Å². The monoisotopic (exact) mass is 356 g/mol. The minimum atomic E-state index is -0.838. The summed E-state index contributed by atoms with van der Waals surface area (Å²) in [5.41, 5.74) is -1.03. The molecule has 144 valence electrons. The number of ether oxygens (including phenoxy) is 5. The van der Waals surface area contributed by atoms with E-state index in [9.17, 15) is 4.79 Å². The first-order valence-electron chi connectivity index (χ1n) is 9.06. The van der Waals surface area contributed by atoms with E-state index in [0.717, 1.165) is 0 Å². The molecule has 0 aromatic rings. The number of hydrogen-bond donors (Lipinski definition) is 0. The highest BCUT2D eigenvalue weighted by molar-refractivity contribution is 5.78. The number of carbonyl (C=O) groups is 1. The number of hydrogen-bond acceptors (Lipinski definition) is 6. The van der Waals surface area contributed by atoms with Crippen molar-refractivity contribution in [2.45, 2.75) is 104 Å². The first kappa shape index (κ1) is 19.1. The standard InChI is InChI=1S/C19H32O6/c1-16(2,3)19(17(4,5)6)24-13-11-10(22-15(13)25-19)12(14(20)21-11)23-18(7,8)9/h10-13,15H,1-9H3/t10-,11-,12+,13+,15+/m0/s1. The molecule has 3 aliphatic heterocycles. The molecule has 0 aromatic heterocycles. The van der Waals surface area contributed by atoms with Gasteiger partial charge in [-0.15, -0.1) is 0 Å². The number of fused-ring (bicyclic) bond motifs is 3. The topological polar surface area (TPSA) is 63.2 Å². The molecule has 0 spiro atoms. The molecule has 3 heterocycles. The molecule has 0 aromatic carbocycles. The van der Waals surface area contributed by atoms with E-state index in [1.807, 2.05) is 20.8 Å². The summed E-state index contributed by atoms with van der Waals surface area (Å²) < 4.78 is 30.3. The maximum Gasteiger partial charge on any atom is 0.338 e. The van der Waals surface area contributed by atoms with E-state index in [-0.39, 0.29) is 10.8 Å². The first-order valence-corrected chi connectivity index (χ1v) is 9.06. The molecule has 25 heavy (non-hydrogen) atoms. The Labute approximate surface area is 150 Å². The van der Waals surface area contributed by atoms with E-state index in [0.29, 0.717) is 0 Å². The fourth-order valence-electron chi connectivity index (χ4n) is 4.29. The molecule has 0 saturated carbocycles. The van der Waals surface area contributed by atoms with Gasteiger partial charge < -0.3 is 23.7 Å². The zero-order valence-corrected chi connectivity index (χ0v) is 16.8. The Bertz CT molecular complexity index is 536. The van der Waals surface area contributed by atoms with Gasteiger partial charge in [0.25, 0.3) is 0 Å². The lowest BCUT2D eigenvalue weighted by atomic mass is 9.70. The SMILES string of the molecule is CC(C)(C)O[C@H]1C(=O)O[C@@H]2[C@H]3OC(C(C)(C)C)(C(C)(C)C)O[C@H]3O[C@@H]21. The van der Waals surface area contributed by atoms with E-state index in [4.69, 9.17) is 23.7 Å². The highest BCUT2D eigenvalue weighted by Gasteiger charge is 2.69. The predicted molar refractivity (Wildman–Crippen MR) is 90.8 cm³/mol. The summed E-state index contributed by atoms with van der Waals surface area (Å²) in [6.07, 6.45) is -2.76. The summed E-state index contributed by atoms with van der Waals surface area (Å²) in [5.74, 6) is -1.23. The molecule has 0 radical (unpaired) electrons. The molecular weight excluding hydrogens is 324 g/mol. The van der Waals surface area contributed by atoms with Gasteiger partial charge in [0.2, 0.25) is 0 Å². The number of esters is 1. The average molecular weight is 356 g/mol. The Morgan fingerprint density at radius 2 is 1.40 bits per heavy atom. The van der Waals surface area contributed by atoms with Crippen LogP contribution in [0.15, 0.2) is 0 Å². The average Bonchev–Trinajstić information content (AvgIpc) is 2.97. The molecule has 3 fully saturated rings. The van der Waals surface area contributed by atoms with Crippen molar-refractivity contribution in [3.63, 3.8) is 0 Å². The van der Waals surface area contributed by atoms with Gasteiger partial charge in [0.05, 0.1) is 5.60 Å². The van der Waals surface area contributed by atoms with Crippen LogP contribution < -0.4 is 0 Å². The lowest BCUT2D eigenvalue weighted by molar-refractivity contribution is -0.322. The maximum atomic E-state index is 12.3. The fraction of sp³-hybridized carbons (Fsp3) is 0.947. The molecular formula is C19H32O6. The van der Waals surface area contributed by atoms with Gasteiger partial charge in [-0.05, 0) is 20.8 Å². The number of rotatable bonds is 1. The van der Waals surface area contributed by atoms with E-state index in [2.05, 4.69) is 41.5 Å². The second-order valence-electron chi connectivity index (χ2n) is 10.3. The predicted octanol–water partition coefficient (Wildman–Crippen LogP) is 3.02. The minimum Gasteiger partial charge on any atom is -0.454 e. The third-order valence-electron chi connectivity index (χ3n) is 5.03. The molecule has 0 aliphatic carbocycles. The minimum absolute atomic E-state index is 0.279. The van der Waals surface area contributed by atoms with Crippen LogP contribution in [0, 0.1) is 10.8 Å². The molecule has 6 nitrogen and oxygen atoms in total. The van der Waals surface area contributed by atoms with Crippen LogP contribution in [-0.4, -0.2) is 48.1 Å². The second kappa shape index (κ2) is 5.41. The lowest BCUT2D eigenvalue weighted by Crippen LogP contribution is -2.55. The Balaban J connectivity index is 1.85. The largest absolute Gasteiger partial charge is 0.454 e. The summed E-state index contributed by atoms with van der Waals surface area (Å²) in [4.78, 5) is 12.3. The fourth-order valence-corrected chi connectivity index (χ4v) is 4.29. The van der Waals surface area contributed by atoms with Crippen LogP contribution in [0.4, 0.5) is 0 Å². The Kier molecular flexibility index (Phi) is 4.13. The highest BCUT2D eigenvalue weighted by Crippen LogP contribution is 2.56. The Morgan fingerprint density at radius 3 is 1.88 bits per heavy atom. The van der Waals surface area contributed by atoms with Crippen molar-refractivity contribution in [3.8, 4) is 0 Å². The second-order valence-corrected chi connectivity index (χ2v) is 10.3. The van der Waals surface area contributed by atoms with Crippen LogP contribution in [0.1, 0.15) is 62.3 Å². The van der Waals surface area contributed by atoms with Crippen molar-refractivity contribution in [1.29, 1.82) is 0 Å². The molecule has 0 N–H and O–H groups in total. The summed E-state index contributed by atoms with van der Waals surface area (Å²) in [5, 5.41) is 0. The van der Waals surface area contributed by atoms with E-state index >= 15 is 0 Å². The molecule has 0 bridgehead atoms. The van der Waals surface area contributed by atoms with Gasteiger partial charge in [0.15, 0.2) is 30.4 Å². The van der Waals surface area contributed by atoms with Gasteiger partial charge in [-0.1, -0.05) is 41.5 Å². The van der Waals surface area contributed by atoms with Crippen LogP contribution in [-0.2, 0) is 28.5 Å². The Morgan fingerprint density at radius 1 is 0.840 bits per heavy atom. The summed E-state index contributed by atoms with van der Waals surface area (Å²) in [6.45, 7) is 18.2. The van der Waals surface area contributed by atoms with Crippen LogP contribution in [0.2, 0.25) is 0 Å². The van der Waals surface area contributed by atoms with Crippen LogP contribution >= 0.6 is 0 Å². The van der Waals surface area contributed by atoms with Crippen LogP contribution in [0.5, 0.6) is 0 Å². The quantitative estimate of drug-likeness (QED) is 0.673. The Hall–Kier alpha value is -0.690. The van der Waals surface area contributed by atoms with Crippen molar-refractivity contribution in [3.05, 3.63) is 0 Å². The molecule has 0 amide bonds. The van der Waals surface area contributed by atoms with Gasteiger partial charge in [-0.2, -0.15) is 0 Å². The zero-order chi connectivity index (χ0) is 19.0. The van der Waals surface area contributed by atoms with Crippen molar-refractivity contribution in [2.24, 2.45) is 10.8 Å². The van der Waals surface area contributed by atoms with Crippen molar-refractivity contribution in [1.82, 2.24) is 0 Å². The maximum absolute atomic E-state index is 12.3. The van der Waals surface area contributed by atoms with Crippen LogP contribution in [0.3, 0.4) is 0 Å². The van der Waals surface area contributed by atoms with Gasteiger partial charge in [0.1, 0.15) is 6.10 Å². The summed E-state index contributed by atoms with van der Waals surface area (Å²) in [6, 6.07) is 0. The normalized spacial score (nSPS) is 37.8. The molecule has 6 heteroatoms. The molecule has 3 aliphatic rings. The van der Waals surface area contributed by atoms with Crippen molar-refractivity contribution < 1.29 is 28.5 Å². The third-order valence-corrected chi connectivity index (χ3v) is 5.03. The third kappa shape index (κ3) is 2.91. The van der Waals surface area contributed by atoms with Gasteiger partial charge in [0, 0.05) is 10.8 Å². The zero-order valence-electron chi connectivity index (χ0n) is 16.8. The van der Waals surface area contributed by atoms with Gasteiger partial charge >= 0.3 is 5.97 Å². The lowest BCUT2D eigenvalue weighted by Gasteiger charge is -2.49. The summed E-state index contributed by atoms with van der Waals surface area (Å²) >= 11 is 0. The van der Waals surface area contributed by atoms with E-state index in [1.54, 1.807) is 0 Å².